The lowest BCUT2D eigenvalue weighted by molar-refractivity contribution is -0.145. The summed E-state index contributed by atoms with van der Waals surface area (Å²) in [6.45, 7) is 10.2. The quantitative estimate of drug-likeness (QED) is 0.632. The molecule has 0 bridgehead atoms. The van der Waals surface area contributed by atoms with Crippen LogP contribution in [-0.2, 0) is 23.0 Å². The zero-order valence-electron chi connectivity index (χ0n) is 16.3. The van der Waals surface area contributed by atoms with Crippen molar-refractivity contribution < 1.29 is 19.1 Å². The fourth-order valence-corrected chi connectivity index (χ4v) is 3.24. The molecule has 0 aliphatic heterocycles. The van der Waals surface area contributed by atoms with Gasteiger partial charge in [-0.1, -0.05) is 0 Å². The van der Waals surface area contributed by atoms with Crippen LogP contribution >= 0.6 is 0 Å². The van der Waals surface area contributed by atoms with Crippen molar-refractivity contribution in [1.82, 2.24) is 14.8 Å². The first-order valence-corrected chi connectivity index (χ1v) is 8.47. The number of H-pyrrole nitrogens is 1. The van der Waals surface area contributed by atoms with Crippen LogP contribution in [0, 0.1) is 27.7 Å². The third-order valence-corrected chi connectivity index (χ3v) is 4.69. The molecule has 0 saturated carbocycles. The molecule has 1 unspecified atom stereocenters. The molecule has 7 heteroatoms. The summed E-state index contributed by atoms with van der Waals surface area (Å²) in [5.74, 6) is -0.952. The number of ketones is 2. The van der Waals surface area contributed by atoms with Crippen LogP contribution in [0.15, 0.2) is 0 Å². The molecule has 2 aromatic rings. The number of aromatic amines is 1. The first kappa shape index (κ1) is 19.6. The van der Waals surface area contributed by atoms with Crippen LogP contribution in [0.25, 0.3) is 0 Å². The number of Topliss-reactive ketones (excluding diaryl/α,β-unsaturated/α-hetero) is 2. The van der Waals surface area contributed by atoms with Crippen LogP contribution in [0.1, 0.15) is 62.9 Å². The number of nitrogens with one attached hydrogen (secondary N) is 1. The number of ether oxygens (including phenoxy) is 1. The predicted molar refractivity (Wildman–Crippen MR) is 96.5 cm³/mol. The Kier molecular flexibility index (Phi) is 5.49. The van der Waals surface area contributed by atoms with E-state index in [1.165, 1.54) is 13.8 Å². The Morgan fingerprint density at radius 2 is 1.81 bits per heavy atom. The van der Waals surface area contributed by atoms with E-state index in [9.17, 15) is 14.4 Å². The smallest absolute Gasteiger partial charge is 0.311 e. The molecule has 1 N–H and O–H groups in total. The van der Waals surface area contributed by atoms with Crippen LogP contribution in [0.5, 0.6) is 0 Å². The number of esters is 1. The maximum absolute atomic E-state index is 12.6. The molecule has 0 radical (unpaired) electrons. The van der Waals surface area contributed by atoms with Crippen LogP contribution in [-0.4, -0.2) is 38.4 Å². The van der Waals surface area contributed by atoms with Crippen molar-refractivity contribution in [3.63, 3.8) is 0 Å². The van der Waals surface area contributed by atoms with Crippen LogP contribution in [0.3, 0.4) is 0 Å². The second-order valence-electron chi connectivity index (χ2n) is 6.63. The number of carbonyl (C=O) groups is 3. The second kappa shape index (κ2) is 7.27. The molecule has 0 saturated heterocycles. The number of hydrogen-bond acceptors (Lipinski definition) is 5. The molecule has 0 aliphatic carbocycles. The zero-order chi connectivity index (χ0) is 19.8. The Morgan fingerprint density at radius 3 is 2.27 bits per heavy atom. The largest absolute Gasteiger partial charge is 0.454 e. The standard InChI is InChI=1S/C19H25N3O4/c1-9-17(13(5)23)11(3)20-18(9)19(25)14(6)26-16(24)8-15-10(2)21-22(7)12(15)4/h14,20H,8H2,1-7H3. The highest BCUT2D eigenvalue weighted by Crippen LogP contribution is 2.21. The maximum Gasteiger partial charge on any atom is 0.311 e. The van der Waals surface area contributed by atoms with Gasteiger partial charge in [-0.2, -0.15) is 5.10 Å². The van der Waals surface area contributed by atoms with Crippen molar-refractivity contribution in [3.8, 4) is 0 Å². The molecule has 2 aromatic heterocycles. The molecule has 0 amide bonds. The molecule has 140 valence electrons. The summed E-state index contributed by atoms with van der Waals surface area (Å²) < 4.78 is 7.03. The van der Waals surface area contributed by atoms with Gasteiger partial charge in [0.1, 0.15) is 0 Å². The van der Waals surface area contributed by atoms with E-state index in [2.05, 4.69) is 10.1 Å². The lowest BCUT2D eigenvalue weighted by Crippen LogP contribution is -2.26. The summed E-state index contributed by atoms with van der Waals surface area (Å²) in [4.78, 5) is 39.6. The SMILES string of the molecule is CC(=O)c1c(C)[nH]c(C(=O)C(C)OC(=O)Cc2c(C)nn(C)c2C)c1C. The molecular weight excluding hydrogens is 334 g/mol. The van der Waals surface area contributed by atoms with E-state index in [4.69, 9.17) is 4.74 Å². The molecule has 7 nitrogen and oxygen atoms in total. The highest BCUT2D eigenvalue weighted by Gasteiger charge is 2.26. The highest BCUT2D eigenvalue weighted by molar-refractivity contribution is 6.05. The predicted octanol–water partition coefficient (Wildman–Crippen LogP) is 2.54. The van der Waals surface area contributed by atoms with Gasteiger partial charge in [0.05, 0.1) is 17.8 Å². The van der Waals surface area contributed by atoms with Crippen molar-refractivity contribution in [3.05, 3.63) is 39.5 Å². The van der Waals surface area contributed by atoms with Crippen molar-refractivity contribution in [1.29, 1.82) is 0 Å². The summed E-state index contributed by atoms with van der Waals surface area (Å²) in [6.07, 6.45) is -0.888. The monoisotopic (exact) mass is 359 g/mol. The molecule has 0 aliphatic rings. The number of nitrogens with zero attached hydrogens (tertiary/aromatic N) is 2. The van der Waals surface area contributed by atoms with Gasteiger partial charge in [-0.15, -0.1) is 0 Å². The number of aryl methyl sites for hydroxylation is 3. The van der Waals surface area contributed by atoms with Gasteiger partial charge < -0.3 is 9.72 Å². The first-order chi connectivity index (χ1) is 12.0. The van der Waals surface area contributed by atoms with Gasteiger partial charge in [0, 0.05) is 29.6 Å². The normalized spacial score (nSPS) is 12.1. The van der Waals surface area contributed by atoms with Crippen molar-refractivity contribution >= 4 is 17.5 Å². The Morgan fingerprint density at radius 1 is 1.19 bits per heavy atom. The number of hydrogen-bond donors (Lipinski definition) is 1. The molecule has 26 heavy (non-hydrogen) atoms. The Labute approximate surface area is 152 Å². The summed E-state index contributed by atoms with van der Waals surface area (Å²) in [7, 11) is 1.81. The third-order valence-electron chi connectivity index (χ3n) is 4.69. The second-order valence-corrected chi connectivity index (χ2v) is 6.63. The lowest BCUT2D eigenvalue weighted by Gasteiger charge is -2.12. The lowest BCUT2D eigenvalue weighted by atomic mass is 10.0. The van der Waals surface area contributed by atoms with Crippen molar-refractivity contribution in [2.24, 2.45) is 7.05 Å². The average molecular weight is 359 g/mol. The summed E-state index contributed by atoms with van der Waals surface area (Å²) in [5.41, 5.74) is 4.50. The number of aromatic nitrogens is 3. The summed E-state index contributed by atoms with van der Waals surface area (Å²) >= 11 is 0. The van der Waals surface area contributed by atoms with E-state index >= 15 is 0 Å². The molecule has 2 rings (SSSR count). The van der Waals surface area contributed by atoms with Gasteiger partial charge in [0.2, 0.25) is 5.78 Å². The minimum atomic E-state index is -0.948. The molecule has 0 spiro atoms. The molecule has 0 fully saturated rings. The van der Waals surface area contributed by atoms with Gasteiger partial charge in [-0.3, -0.25) is 19.1 Å². The topological polar surface area (TPSA) is 94.0 Å². The molecule has 1 atom stereocenters. The van der Waals surface area contributed by atoms with Crippen molar-refractivity contribution in [2.75, 3.05) is 0 Å². The van der Waals surface area contributed by atoms with Crippen LogP contribution in [0.2, 0.25) is 0 Å². The van der Waals surface area contributed by atoms with Crippen LogP contribution in [0.4, 0.5) is 0 Å². The summed E-state index contributed by atoms with van der Waals surface area (Å²) in [6, 6.07) is 0. The highest BCUT2D eigenvalue weighted by atomic mass is 16.5. The molecule has 0 aromatic carbocycles. The van der Waals surface area contributed by atoms with E-state index < -0.39 is 12.1 Å². The van der Waals surface area contributed by atoms with Crippen LogP contribution < -0.4 is 0 Å². The number of carbonyl (C=O) groups excluding carboxylic acids is 3. The zero-order valence-corrected chi connectivity index (χ0v) is 16.3. The van der Waals surface area contributed by atoms with Gasteiger partial charge >= 0.3 is 5.97 Å². The average Bonchev–Trinajstić information content (AvgIpc) is 2.96. The Hall–Kier alpha value is -2.70. The van der Waals surface area contributed by atoms with Gasteiger partial charge in [0.25, 0.3) is 0 Å². The minimum Gasteiger partial charge on any atom is -0.454 e. The molecular formula is C19H25N3O4. The van der Waals surface area contributed by atoms with E-state index in [1.807, 2.05) is 20.9 Å². The third kappa shape index (κ3) is 3.61. The summed E-state index contributed by atoms with van der Waals surface area (Å²) in [5, 5.41) is 4.27. The van der Waals surface area contributed by atoms with Gasteiger partial charge in [0.15, 0.2) is 11.9 Å². The Balaban J connectivity index is 2.13. The number of rotatable bonds is 6. The maximum atomic E-state index is 12.6. The molecule has 2 heterocycles. The van der Waals surface area contributed by atoms with E-state index in [0.717, 1.165) is 17.0 Å². The Bertz CT molecular complexity index is 889. The fourth-order valence-electron chi connectivity index (χ4n) is 3.24. The van der Waals surface area contributed by atoms with E-state index in [0.29, 0.717) is 22.5 Å². The van der Waals surface area contributed by atoms with E-state index in [-0.39, 0.29) is 18.0 Å². The fraction of sp³-hybridized carbons (Fsp3) is 0.474. The minimum absolute atomic E-state index is 0.0601. The van der Waals surface area contributed by atoms with Crippen molar-refractivity contribution in [2.45, 2.75) is 54.1 Å². The first-order valence-electron chi connectivity index (χ1n) is 8.47. The van der Waals surface area contributed by atoms with Gasteiger partial charge in [-0.05, 0) is 47.1 Å². The van der Waals surface area contributed by atoms with E-state index in [1.54, 1.807) is 18.5 Å². The van der Waals surface area contributed by atoms with Gasteiger partial charge in [-0.25, -0.2) is 0 Å².